The minimum Gasteiger partial charge on any atom is -0.399 e. The molecule has 0 radical (unpaired) electrons. The van der Waals surface area contributed by atoms with Crippen molar-refractivity contribution >= 4 is 16.6 Å². The van der Waals surface area contributed by atoms with Gasteiger partial charge in [0.25, 0.3) is 5.56 Å². The number of fused-ring (bicyclic) bond motifs is 1. The first-order valence-electron chi connectivity index (χ1n) is 6.61. The monoisotopic (exact) mass is 281 g/mol. The van der Waals surface area contributed by atoms with Gasteiger partial charge in [-0.15, -0.1) is 0 Å². The summed E-state index contributed by atoms with van der Waals surface area (Å²) in [5.41, 5.74) is 8.62. The fourth-order valence-electron chi connectivity index (χ4n) is 2.24. The van der Waals surface area contributed by atoms with Gasteiger partial charge in [-0.3, -0.25) is 9.36 Å². The predicted octanol–water partition coefficient (Wildman–Crippen LogP) is 1.52. The van der Waals surface area contributed by atoms with E-state index < -0.39 is 0 Å². The lowest BCUT2D eigenvalue weighted by Crippen LogP contribution is -2.21. The molecule has 2 aromatic carbocycles. The van der Waals surface area contributed by atoms with Crippen LogP contribution in [0, 0.1) is 0 Å². The molecule has 1 aromatic heterocycles. The molecular weight excluding hydrogens is 266 g/mol. The Hall–Kier alpha value is -2.66. The molecule has 0 spiro atoms. The molecule has 0 aliphatic carbocycles. The zero-order chi connectivity index (χ0) is 14.8. The Morgan fingerprint density at radius 3 is 2.52 bits per heavy atom. The van der Waals surface area contributed by atoms with Crippen molar-refractivity contribution in [2.24, 2.45) is 0 Å². The predicted molar refractivity (Wildman–Crippen MR) is 81.9 cm³/mol. The Morgan fingerprint density at radius 2 is 1.81 bits per heavy atom. The van der Waals surface area contributed by atoms with Gasteiger partial charge in [-0.05, 0) is 29.3 Å². The van der Waals surface area contributed by atoms with E-state index in [4.69, 9.17) is 10.8 Å². The van der Waals surface area contributed by atoms with Crippen molar-refractivity contribution in [2.45, 2.75) is 13.2 Å². The second-order valence-electron chi connectivity index (χ2n) is 4.93. The van der Waals surface area contributed by atoms with Gasteiger partial charge in [0.05, 0.1) is 30.4 Å². The second kappa shape index (κ2) is 5.38. The molecule has 0 fully saturated rings. The average Bonchev–Trinajstić information content (AvgIpc) is 2.51. The van der Waals surface area contributed by atoms with Crippen LogP contribution in [-0.4, -0.2) is 14.7 Å². The maximum atomic E-state index is 12.4. The van der Waals surface area contributed by atoms with E-state index in [1.807, 2.05) is 24.3 Å². The first-order chi connectivity index (χ1) is 10.2. The summed E-state index contributed by atoms with van der Waals surface area (Å²) in [7, 11) is 0. The summed E-state index contributed by atoms with van der Waals surface area (Å²) in [6.07, 6.45) is 1.54. The Bertz CT molecular complexity index is 838. The number of rotatable bonds is 3. The molecule has 3 N–H and O–H groups in total. The van der Waals surface area contributed by atoms with Gasteiger partial charge in [-0.1, -0.05) is 24.3 Å². The molecule has 5 heteroatoms. The number of aliphatic hydroxyl groups is 1. The fourth-order valence-corrected chi connectivity index (χ4v) is 2.24. The number of benzene rings is 2. The van der Waals surface area contributed by atoms with Crippen molar-refractivity contribution < 1.29 is 5.11 Å². The summed E-state index contributed by atoms with van der Waals surface area (Å²) < 4.78 is 1.55. The standard InChI is InChI=1S/C16H15N3O2/c17-13-5-6-15-14(7-13)16(21)19(10-18-15)8-11-1-3-12(9-20)4-2-11/h1-7,10,20H,8-9,17H2. The third-order valence-electron chi connectivity index (χ3n) is 3.41. The molecule has 0 unspecified atom stereocenters. The van der Waals surface area contributed by atoms with Crippen molar-refractivity contribution in [1.29, 1.82) is 0 Å². The SMILES string of the molecule is Nc1ccc2ncn(Cc3ccc(CO)cc3)c(=O)c2c1. The molecule has 0 amide bonds. The van der Waals surface area contributed by atoms with Crippen molar-refractivity contribution in [1.82, 2.24) is 9.55 Å². The van der Waals surface area contributed by atoms with E-state index in [2.05, 4.69) is 4.98 Å². The molecule has 5 nitrogen and oxygen atoms in total. The van der Waals surface area contributed by atoms with Crippen LogP contribution in [0.5, 0.6) is 0 Å². The summed E-state index contributed by atoms with van der Waals surface area (Å²) in [5.74, 6) is 0. The normalized spacial score (nSPS) is 10.9. The maximum Gasteiger partial charge on any atom is 0.261 e. The highest BCUT2D eigenvalue weighted by molar-refractivity contribution is 5.80. The van der Waals surface area contributed by atoms with Crippen LogP contribution in [0.2, 0.25) is 0 Å². The molecule has 0 aliphatic rings. The number of nitrogen functional groups attached to an aromatic ring is 1. The Morgan fingerprint density at radius 1 is 1.10 bits per heavy atom. The van der Waals surface area contributed by atoms with E-state index in [9.17, 15) is 4.79 Å². The minimum atomic E-state index is -0.112. The van der Waals surface area contributed by atoms with E-state index in [1.165, 1.54) is 0 Å². The van der Waals surface area contributed by atoms with Crippen molar-refractivity contribution in [3.63, 3.8) is 0 Å². The zero-order valence-electron chi connectivity index (χ0n) is 11.4. The van der Waals surface area contributed by atoms with E-state index in [-0.39, 0.29) is 12.2 Å². The Kier molecular flexibility index (Phi) is 3.41. The van der Waals surface area contributed by atoms with Gasteiger partial charge in [0.1, 0.15) is 0 Å². The molecule has 3 aromatic rings. The van der Waals surface area contributed by atoms with Crippen LogP contribution in [0.15, 0.2) is 53.6 Å². The first-order valence-corrected chi connectivity index (χ1v) is 6.61. The fraction of sp³-hybridized carbons (Fsp3) is 0.125. The molecular formula is C16H15N3O2. The number of hydrogen-bond donors (Lipinski definition) is 2. The first kappa shape index (κ1) is 13.3. The quantitative estimate of drug-likeness (QED) is 0.713. The van der Waals surface area contributed by atoms with Gasteiger partial charge in [0.2, 0.25) is 0 Å². The number of aromatic nitrogens is 2. The number of nitrogens with two attached hydrogens (primary N) is 1. The van der Waals surface area contributed by atoms with Crippen LogP contribution >= 0.6 is 0 Å². The lowest BCUT2D eigenvalue weighted by atomic mass is 10.1. The second-order valence-corrected chi connectivity index (χ2v) is 4.93. The highest BCUT2D eigenvalue weighted by Gasteiger charge is 2.05. The lowest BCUT2D eigenvalue weighted by molar-refractivity contribution is 0.282. The third kappa shape index (κ3) is 2.64. The van der Waals surface area contributed by atoms with E-state index in [0.717, 1.165) is 11.1 Å². The van der Waals surface area contributed by atoms with Crippen molar-refractivity contribution in [3.05, 3.63) is 70.3 Å². The van der Waals surface area contributed by atoms with E-state index in [0.29, 0.717) is 23.1 Å². The van der Waals surface area contributed by atoms with Gasteiger partial charge in [-0.25, -0.2) is 4.98 Å². The van der Waals surface area contributed by atoms with Crippen LogP contribution in [0.1, 0.15) is 11.1 Å². The summed E-state index contributed by atoms with van der Waals surface area (Å²) in [5, 5.41) is 9.55. The molecule has 0 aliphatic heterocycles. The molecule has 21 heavy (non-hydrogen) atoms. The third-order valence-corrected chi connectivity index (χ3v) is 3.41. The lowest BCUT2D eigenvalue weighted by Gasteiger charge is -2.07. The van der Waals surface area contributed by atoms with Crippen LogP contribution in [0.3, 0.4) is 0 Å². The minimum absolute atomic E-state index is 0.0109. The highest BCUT2D eigenvalue weighted by Crippen LogP contribution is 2.12. The topological polar surface area (TPSA) is 81.1 Å². The van der Waals surface area contributed by atoms with Crippen LogP contribution in [-0.2, 0) is 13.2 Å². The van der Waals surface area contributed by atoms with Crippen LogP contribution < -0.4 is 11.3 Å². The summed E-state index contributed by atoms with van der Waals surface area (Å²) in [4.78, 5) is 16.7. The molecule has 0 atom stereocenters. The Balaban J connectivity index is 2.00. The number of hydrogen-bond acceptors (Lipinski definition) is 4. The van der Waals surface area contributed by atoms with Crippen molar-refractivity contribution in [2.75, 3.05) is 5.73 Å². The molecule has 106 valence electrons. The molecule has 0 saturated carbocycles. The average molecular weight is 281 g/mol. The van der Waals surface area contributed by atoms with Gasteiger partial charge >= 0.3 is 0 Å². The molecule has 1 heterocycles. The van der Waals surface area contributed by atoms with Gasteiger partial charge in [-0.2, -0.15) is 0 Å². The summed E-state index contributed by atoms with van der Waals surface area (Å²) in [6, 6.07) is 12.6. The smallest absolute Gasteiger partial charge is 0.261 e. The van der Waals surface area contributed by atoms with Gasteiger partial charge in [0.15, 0.2) is 0 Å². The molecule has 0 bridgehead atoms. The van der Waals surface area contributed by atoms with E-state index in [1.54, 1.807) is 29.1 Å². The van der Waals surface area contributed by atoms with Crippen LogP contribution in [0.4, 0.5) is 5.69 Å². The number of anilines is 1. The summed E-state index contributed by atoms with van der Waals surface area (Å²) >= 11 is 0. The van der Waals surface area contributed by atoms with Gasteiger partial charge < -0.3 is 10.8 Å². The summed E-state index contributed by atoms with van der Waals surface area (Å²) in [6.45, 7) is 0.444. The Labute approximate surface area is 121 Å². The molecule has 3 rings (SSSR count). The van der Waals surface area contributed by atoms with Gasteiger partial charge in [0, 0.05) is 5.69 Å². The van der Waals surface area contributed by atoms with Crippen LogP contribution in [0.25, 0.3) is 10.9 Å². The largest absolute Gasteiger partial charge is 0.399 e. The number of nitrogens with zero attached hydrogens (tertiary/aromatic N) is 2. The highest BCUT2D eigenvalue weighted by atomic mass is 16.3. The number of aliphatic hydroxyl groups excluding tert-OH is 1. The maximum absolute atomic E-state index is 12.4. The molecule has 0 saturated heterocycles. The zero-order valence-corrected chi connectivity index (χ0v) is 11.4. The van der Waals surface area contributed by atoms with E-state index >= 15 is 0 Å². The van der Waals surface area contributed by atoms with Crippen molar-refractivity contribution in [3.8, 4) is 0 Å².